The first-order valence-corrected chi connectivity index (χ1v) is 9.23. The van der Waals surface area contributed by atoms with Crippen LogP contribution in [0.1, 0.15) is 64.2 Å². The Hall–Kier alpha value is -0.290. The van der Waals surface area contributed by atoms with E-state index in [0.717, 1.165) is 17.3 Å². The molecule has 0 aliphatic carbocycles. The molecule has 0 saturated carbocycles. The van der Waals surface area contributed by atoms with Crippen LogP contribution in [0.3, 0.4) is 0 Å². The molecule has 0 saturated heterocycles. The van der Waals surface area contributed by atoms with Gasteiger partial charge in [-0.15, -0.1) is 11.6 Å². The van der Waals surface area contributed by atoms with Gasteiger partial charge in [0.05, 0.1) is 16.4 Å². The van der Waals surface area contributed by atoms with Gasteiger partial charge >= 0.3 is 0 Å². The van der Waals surface area contributed by atoms with Gasteiger partial charge in [0.2, 0.25) is 0 Å². The van der Waals surface area contributed by atoms with E-state index >= 15 is 0 Å². The number of imidazole rings is 1. The highest BCUT2D eigenvalue weighted by molar-refractivity contribution is 14.1. The molecule has 1 heterocycles. The quantitative estimate of drug-likeness (QED) is 0.396. The highest BCUT2D eigenvalue weighted by Gasteiger charge is 2.19. The van der Waals surface area contributed by atoms with Crippen molar-refractivity contribution < 1.29 is 0 Å². The molecule has 1 aromatic heterocycles. The van der Waals surface area contributed by atoms with Crippen molar-refractivity contribution in [2.75, 3.05) is 0 Å². The summed E-state index contributed by atoms with van der Waals surface area (Å²) in [6, 6.07) is 6.89. The summed E-state index contributed by atoms with van der Waals surface area (Å²) in [7, 11) is 0. The van der Waals surface area contributed by atoms with Crippen molar-refractivity contribution in [3.05, 3.63) is 27.6 Å². The van der Waals surface area contributed by atoms with E-state index in [1.165, 1.54) is 28.3 Å². The van der Waals surface area contributed by atoms with Crippen molar-refractivity contribution >= 4 is 45.2 Å². The van der Waals surface area contributed by atoms with Crippen molar-refractivity contribution in [1.82, 2.24) is 9.55 Å². The van der Waals surface area contributed by atoms with Gasteiger partial charge in [-0.05, 0) is 67.0 Å². The Morgan fingerprint density at radius 2 is 1.90 bits per heavy atom. The van der Waals surface area contributed by atoms with Crippen molar-refractivity contribution in [3.8, 4) is 0 Å². The molecule has 0 aliphatic rings. The fourth-order valence-electron chi connectivity index (χ4n) is 2.78. The van der Waals surface area contributed by atoms with Gasteiger partial charge in [-0.2, -0.15) is 0 Å². The maximum Gasteiger partial charge on any atom is 0.127 e. The van der Waals surface area contributed by atoms with Gasteiger partial charge in [-0.3, -0.25) is 0 Å². The molecule has 21 heavy (non-hydrogen) atoms. The molecule has 2 aromatic rings. The van der Waals surface area contributed by atoms with E-state index in [1.807, 2.05) is 6.92 Å². The molecule has 4 heteroatoms. The number of nitrogens with zero attached hydrogens (tertiary/aromatic N) is 2. The lowest BCUT2D eigenvalue weighted by molar-refractivity contribution is 0.444. The van der Waals surface area contributed by atoms with Crippen LogP contribution >= 0.6 is 34.2 Å². The molecule has 0 aliphatic heterocycles. The summed E-state index contributed by atoms with van der Waals surface area (Å²) in [6.45, 7) is 8.85. The first-order chi connectivity index (χ1) is 9.90. The second kappa shape index (κ2) is 7.32. The van der Waals surface area contributed by atoms with Crippen LogP contribution < -0.4 is 0 Å². The molecule has 2 unspecified atom stereocenters. The van der Waals surface area contributed by atoms with Crippen LogP contribution in [0.15, 0.2) is 18.2 Å². The van der Waals surface area contributed by atoms with Gasteiger partial charge in [-0.25, -0.2) is 4.98 Å². The Balaban J connectivity index is 2.33. The minimum atomic E-state index is -0.0670. The number of alkyl halides is 1. The van der Waals surface area contributed by atoms with Gasteiger partial charge in [0, 0.05) is 9.61 Å². The van der Waals surface area contributed by atoms with E-state index in [0.29, 0.717) is 6.04 Å². The topological polar surface area (TPSA) is 17.8 Å². The zero-order valence-corrected chi connectivity index (χ0v) is 16.1. The number of hydrogen-bond acceptors (Lipinski definition) is 1. The molecule has 2 atom stereocenters. The van der Waals surface area contributed by atoms with Crippen LogP contribution in [0.5, 0.6) is 0 Å². The lowest BCUT2D eigenvalue weighted by Gasteiger charge is -2.19. The van der Waals surface area contributed by atoms with Crippen molar-refractivity contribution in [1.29, 1.82) is 0 Å². The standard InChI is InChI=1S/C17H24ClIN2/c1-11(2)6-5-7-12(3)21-16-9-8-14(19)10-15(16)20-17(21)13(4)18/h8-13H,5-7H2,1-4H3. The summed E-state index contributed by atoms with van der Waals surface area (Å²) in [5.41, 5.74) is 2.26. The molecule has 0 fully saturated rings. The Kier molecular flexibility index (Phi) is 5.95. The highest BCUT2D eigenvalue weighted by Crippen LogP contribution is 2.31. The Bertz CT molecular complexity index is 604. The molecule has 1 aromatic carbocycles. The van der Waals surface area contributed by atoms with Crippen LogP contribution in [0, 0.1) is 9.49 Å². The summed E-state index contributed by atoms with van der Waals surface area (Å²) >= 11 is 8.69. The molecule has 116 valence electrons. The van der Waals surface area contributed by atoms with Crippen LogP contribution in [-0.4, -0.2) is 9.55 Å². The predicted molar refractivity (Wildman–Crippen MR) is 100 cm³/mol. The normalized spacial score (nSPS) is 14.8. The lowest BCUT2D eigenvalue weighted by Crippen LogP contribution is -2.10. The van der Waals surface area contributed by atoms with Crippen LogP contribution in [0.2, 0.25) is 0 Å². The highest BCUT2D eigenvalue weighted by atomic mass is 127. The van der Waals surface area contributed by atoms with Crippen LogP contribution in [-0.2, 0) is 0 Å². The van der Waals surface area contributed by atoms with E-state index < -0.39 is 0 Å². The second-order valence-electron chi connectivity index (χ2n) is 6.26. The third-order valence-corrected chi connectivity index (χ3v) is 4.74. The number of aromatic nitrogens is 2. The van der Waals surface area contributed by atoms with E-state index in [4.69, 9.17) is 16.6 Å². The largest absolute Gasteiger partial charge is 0.324 e. The number of rotatable bonds is 6. The average molecular weight is 419 g/mol. The fourth-order valence-corrected chi connectivity index (χ4v) is 3.41. The summed E-state index contributed by atoms with van der Waals surface area (Å²) in [5, 5.41) is -0.0670. The molecular weight excluding hydrogens is 395 g/mol. The molecule has 2 nitrogen and oxygen atoms in total. The maximum atomic E-state index is 6.36. The van der Waals surface area contributed by atoms with Gasteiger partial charge in [0.1, 0.15) is 5.82 Å². The van der Waals surface area contributed by atoms with Crippen LogP contribution in [0.4, 0.5) is 0 Å². The Labute approximate surface area is 146 Å². The number of fused-ring (bicyclic) bond motifs is 1. The van der Waals surface area contributed by atoms with Gasteiger partial charge in [0.15, 0.2) is 0 Å². The molecule has 0 amide bonds. The molecule has 0 radical (unpaired) electrons. The van der Waals surface area contributed by atoms with Gasteiger partial charge < -0.3 is 4.57 Å². The number of benzene rings is 1. The minimum absolute atomic E-state index is 0.0670. The molecule has 0 bridgehead atoms. The van der Waals surface area contributed by atoms with Crippen molar-refractivity contribution in [3.63, 3.8) is 0 Å². The minimum Gasteiger partial charge on any atom is -0.324 e. The Morgan fingerprint density at radius 1 is 1.19 bits per heavy atom. The maximum absolute atomic E-state index is 6.36. The fraction of sp³-hybridized carbons (Fsp3) is 0.588. The molecular formula is C17H24ClIN2. The van der Waals surface area contributed by atoms with Crippen LogP contribution in [0.25, 0.3) is 11.0 Å². The molecule has 0 spiro atoms. The third-order valence-electron chi connectivity index (χ3n) is 3.88. The zero-order valence-electron chi connectivity index (χ0n) is 13.2. The molecule has 0 N–H and O–H groups in total. The first kappa shape index (κ1) is 17.1. The van der Waals surface area contributed by atoms with Crippen molar-refractivity contribution in [2.24, 2.45) is 5.92 Å². The number of halogens is 2. The van der Waals surface area contributed by atoms with Gasteiger partial charge in [-0.1, -0.05) is 26.7 Å². The molecule has 2 rings (SSSR count). The summed E-state index contributed by atoms with van der Waals surface area (Å²) in [4.78, 5) is 4.76. The number of hydrogen-bond donors (Lipinski definition) is 0. The van der Waals surface area contributed by atoms with E-state index in [-0.39, 0.29) is 5.38 Å². The predicted octanol–water partition coefficient (Wildman–Crippen LogP) is 6.33. The van der Waals surface area contributed by atoms with Gasteiger partial charge in [0.25, 0.3) is 0 Å². The summed E-state index contributed by atoms with van der Waals surface area (Å²) in [5.74, 6) is 1.76. The Morgan fingerprint density at radius 3 is 2.52 bits per heavy atom. The second-order valence-corrected chi connectivity index (χ2v) is 8.16. The smallest absolute Gasteiger partial charge is 0.127 e. The SMILES string of the molecule is CC(C)CCCC(C)n1c(C(C)Cl)nc2cc(I)ccc21. The lowest BCUT2D eigenvalue weighted by atomic mass is 10.0. The van der Waals surface area contributed by atoms with Crippen molar-refractivity contribution in [2.45, 2.75) is 58.4 Å². The summed E-state index contributed by atoms with van der Waals surface area (Å²) in [6.07, 6.45) is 3.70. The van der Waals surface area contributed by atoms with E-state index in [1.54, 1.807) is 0 Å². The first-order valence-electron chi connectivity index (χ1n) is 7.71. The summed E-state index contributed by atoms with van der Waals surface area (Å²) < 4.78 is 3.55. The monoisotopic (exact) mass is 418 g/mol. The third kappa shape index (κ3) is 4.13. The average Bonchev–Trinajstić information content (AvgIpc) is 2.76. The van der Waals surface area contributed by atoms with E-state index in [2.05, 4.69) is 66.1 Å². The zero-order chi connectivity index (χ0) is 15.6. The van der Waals surface area contributed by atoms with E-state index in [9.17, 15) is 0 Å².